The number of aromatic nitrogens is 1. The van der Waals surface area contributed by atoms with Crippen LogP contribution in [-0.2, 0) is 11.0 Å². The molecule has 1 aromatic carbocycles. The molecule has 0 aliphatic rings. The van der Waals surface area contributed by atoms with Crippen molar-refractivity contribution in [3.63, 3.8) is 0 Å². The monoisotopic (exact) mass is 271 g/mol. The van der Waals surface area contributed by atoms with Crippen LogP contribution in [0.4, 0.5) is 5.69 Å². The minimum atomic E-state index is -1.09. The van der Waals surface area contributed by atoms with E-state index in [0.717, 1.165) is 22.5 Å². The molecule has 0 radical (unpaired) electrons. The summed E-state index contributed by atoms with van der Waals surface area (Å²) in [5, 5.41) is 9.15. The molecule has 1 N–H and O–H groups in total. The second kappa shape index (κ2) is 5.63. The van der Waals surface area contributed by atoms with Crippen LogP contribution in [-0.4, -0.2) is 15.4 Å². The van der Waals surface area contributed by atoms with Crippen molar-refractivity contribution in [3.8, 4) is 17.2 Å². The lowest BCUT2D eigenvalue weighted by Gasteiger charge is -2.07. The van der Waals surface area contributed by atoms with Crippen LogP contribution in [0, 0.1) is 18.3 Å². The Hall–Kier alpha value is -2.19. The Kier molecular flexibility index (Phi) is 3.93. The highest BCUT2D eigenvalue weighted by Gasteiger charge is 2.06. The van der Waals surface area contributed by atoms with E-state index in [4.69, 9.17) is 5.26 Å². The second-order valence-electron chi connectivity index (χ2n) is 4.12. The van der Waals surface area contributed by atoms with E-state index in [1.54, 1.807) is 18.5 Å². The Morgan fingerprint density at radius 3 is 2.58 bits per heavy atom. The molecule has 0 bridgehead atoms. The topological polar surface area (TPSA) is 65.8 Å². The zero-order valence-corrected chi connectivity index (χ0v) is 11.5. The van der Waals surface area contributed by atoms with Gasteiger partial charge < -0.3 is 4.72 Å². The molecule has 19 heavy (non-hydrogen) atoms. The molecule has 1 atom stereocenters. The van der Waals surface area contributed by atoms with Gasteiger partial charge in [0.25, 0.3) is 0 Å². The molecule has 4 nitrogen and oxygen atoms in total. The number of nitrogens with zero attached hydrogens (tertiary/aromatic N) is 2. The highest BCUT2D eigenvalue weighted by molar-refractivity contribution is 7.85. The first kappa shape index (κ1) is 13.2. The molecule has 1 aromatic heterocycles. The van der Waals surface area contributed by atoms with Gasteiger partial charge in [-0.2, -0.15) is 5.26 Å². The van der Waals surface area contributed by atoms with Gasteiger partial charge >= 0.3 is 0 Å². The Morgan fingerprint density at radius 1 is 1.32 bits per heavy atom. The third kappa shape index (κ3) is 3.18. The molecule has 0 saturated carbocycles. The fraction of sp³-hybridized carbons (Fsp3) is 0.143. The summed E-state index contributed by atoms with van der Waals surface area (Å²) in [5.74, 6) is 0. The van der Waals surface area contributed by atoms with Gasteiger partial charge in [0.05, 0.1) is 11.6 Å². The Morgan fingerprint density at radius 2 is 2.00 bits per heavy atom. The Balaban J connectivity index is 2.38. The van der Waals surface area contributed by atoms with Crippen LogP contribution >= 0.6 is 0 Å². The number of nitriles is 1. The van der Waals surface area contributed by atoms with Crippen LogP contribution in [0.3, 0.4) is 0 Å². The van der Waals surface area contributed by atoms with E-state index in [0.29, 0.717) is 5.56 Å². The molecule has 0 saturated heterocycles. The lowest BCUT2D eigenvalue weighted by atomic mass is 10.0. The van der Waals surface area contributed by atoms with Gasteiger partial charge in [-0.15, -0.1) is 0 Å². The molecule has 1 heterocycles. The maximum Gasteiger partial charge on any atom is 0.113 e. The van der Waals surface area contributed by atoms with Gasteiger partial charge in [0.15, 0.2) is 0 Å². The lowest BCUT2D eigenvalue weighted by molar-refractivity contribution is 0.690. The van der Waals surface area contributed by atoms with Gasteiger partial charge in [0.2, 0.25) is 0 Å². The molecule has 0 aliphatic heterocycles. The number of hydrogen-bond donors (Lipinski definition) is 1. The van der Waals surface area contributed by atoms with E-state index < -0.39 is 11.0 Å². The summed E-state index contributed by atoms with van der Waals surface area (Å²) in [5.41, 5.74) is 3.92. The molecule has 2 rings (SSSR count). The Labute approximate surface area is 114 Å². The first-order valence-electron chi connectivity index (χ1n) is 5.67. The minimum absolute atomic E-state index is 0.604. The van der Waals surface area contributed by atoms with Gasteiger partial charge in [-0.1, -0.05) is 12.1 Å². The zero-order chi connectivity index (χ0) is 13.8. The van der Waals surface area contributed by atoms with Crippen molar-refractivity contribution in [2.75, 3.05) is 11.0 Å². The van der Waals surface area contributed by atoms with Crippen molar-refractivity contribution >= 4 is 16.7 Å². The van der Waals surface area contributed by atoms with Crippen molar-refractivity contribution < 1.29 is 4.21 Å². The summed E-state index contributed by atoms with van der Waals surface area (Å²) in [6.45, 7) is 1.86. The number of hydrogen-bond acceptors (Lipinski definition) is 3. The SMILES string of the molecule is Cc1cc(C#N)c(-c2ccc(NS(C)=O)cc2)cn1. The van der Waals surface area contributed by atoms with Crippen molar-refractivity contribution in [2.24, 2.45) is 0 Å². The van der Waals surface area contributed by atoms with Crippen LogP contribution < -0.4 is 4.72 Å². The molecule has 2 aromatic rings. The summed E-state index contributed by atoms with van der Waals surface area (Å²) in [6.07, 6.45) is 3.28. The molecule has 1 unspecified atom stereocenters. The molecule has 0 aliphatic carbocycles. The minimum Gasteiger partial charge on any atom is -0.305 e. The van der Waals surface area contributed by atoms with Gasteiger partial charge in [0, 0.05) is 29.4 Å². The molecule has 96 valence electrons. The van der Waals surface area contributed by atoms with E-state index in [2.05, 4.69) is 15.8 Å². The van der Waals surface area contributed by atoms with E-state index in [9.17, 15) is 4.21 Å². The number of nitrogens with one attached hydrogen (secondary N) is 1. The van der Waals surface area contributed by atoms with Gasteiger partial charge in [0.1, 0.15) is 11.0 Å². The predicted octanol–water partition coefficient (Wildman–Crippen LogP) is 2.63. The maximum atomic E-state index is 11.1. The van der Waals surface area contributed by atoms with Gasteiger partial charge in [-0.25, -0.2) is 4.21 Å². The molecular formula is C14H13N3OS. The summed E-state index contributed by atoms with van der Waals surface area (Å²) in [4.78, 5) is 4.22. The quantitative estimate of drug-likeness (QED) is 0.933. The molecule has 5 heteroatoms. The lowest BCUT2D eigenvalue weighted by Crippen LogP contribution is -2.00. The van der Waals surface area contributed by atoms with E-state index in [-0.39, 0.29) is 0 Å². The van der Waals surface area contributed by atoms with Crippen molar-refractivity contribution in [2.45, 2.75) is 6.92 Å². The van der Waals surface area contributed by atoms with E-state index >= 15 is 0 Å². The summed E-state index contributed by atoms with van der Waals surface area (Å²) < 4.78 is 13.9. The third-order valence-electron chi connectivity index (χ3n) is 2.62. The largest absolute Gasteiger partial charge is 0.305 e. The van der Waals surface area contributed by atoms with E-state index in [1.807, 2.05) is 31.2 Å². The Bertz CT molecular complexity index is 659. The summed E-state index contributed by atoms with van der Waals surface area (Å²) in [7, 11) is -1.09. The molecule has 0 spiro atoms. The first-order valence-corrected chi connectivity index (χ1v) is 7.23. The fourth-order valence-corrected chi connectivity index (χ4v) is 2.23. The predicted molar refractivity (Wildman–Crippen MR) is 76.8 cm³/mol. The molecular weight excluding hydrogens is 258 g/mol. The van der Waals surface area contributed by atoms with Crippen LogP contribution in [0.25, 0.3) is 11.1 Å². The highest BCUT2D eigenvalue weighted by Crippen LogP contribution is 2.24. The number of aryl methyl sites for hydroxylation is 1. The zero-order valence-electron chi connectivity index (χ0n) is 10.7. The van der Waals surface area contributed by atoms with Gasteiger partial charge in [-0.05, 0) is 30.7 Å². The normalized spacial score (nSPS) is 11.6. The summed E-state index contributed by atoms with van der Waals surface area (Å²) >= 11 is 0. The smallest absolute Gasteiger partial charge is 0.113 e. The van der Waals surface area contributed by atoms with Crippen molar-refractivity contribution in [1.29, 1.82) is 5.26 Å². The van der Waals surface area contributed by atoms with Crippen LogP contribution in [0.1, 0.15) is 11.3 Å². The first-order chi connectivity index (χ1) is 9.10. The van der Waals surface area contributed by atoms with Crippen molar-refractivity contribution in [3.05, 3.63) is 47.8 Å². The average Bonchev–Trinajstić information content (AvgIpc) is 2.39. The van der Waals surface area contributed by atoms with Crippen molar-refractivity contribution in [1.82, 2.24) is 4.98 Å². The molecule has 0 amide bonds. The number of benzene rings is 1. The van der Waals surface area contributed by atoms with E-state index in [1.165, 1.54) is 0 Å². The van der Waals surface area contributed by atoms with Crippen LogP contribution in [0.5, 0.6) is 0 Å². The van der Waals surface area contributed by atoms with Crippen LogP contribution in [0.2, 0.25) is 0 Å². The number of anilines is 1. The summed E-state index contributed by atoms with van der Waals surface area (Å²) in [6, 6.07) is 11.4. The maximum absolute atomic E-state index is 11.1. The average molecular weight is 271 g/mol. The third-order valence-corrected chi connectivity index (χ3v) is 3.14. The highest BCUT2D eigenvalue weighted by atomic mass is 32.2. The number of pyridine rings is 1. The van der Waals surface area contributed by atoms with Crippen LogP contribution in [0.15, 0.2) is 36.5 Å². The molecule has 0 fully saturated rings. The van der Waals surface area contributed by atoms with Gasteiger partial charge in [-0.3, -0.25) is 4.98 Å². The fourth-order valence-electron chi connectivity index (χ4n) is 1.77. The number of rotatable bonds is 3. The second-order valence-corrected chi connectivity index (χ2v) is 5.23. The standard InChI is InChI=1S/C14H13N3OS/c1-10-7-12(8-15)14(9-16-10)11-3-5-13(6-4-11)17-19(2)18/h3-7,9,17H,1-2H3.